The SMILES string of the molecule is CNCc1occc1-c1cccc(OC)c1. The molecule has 0 bridgehead atoms. The van der Waals surface area contributed by atoms with Gasteiger partial charge in [0, 0.05) is 5.56 Å². The molecule has 0 saturated carbocycles. The molecule has 0 unspecified atom stereocenters. The number of methoxy groups -OCH3 is 1. The Morgan fingerprint density at radius 3 is 2.94 bits per heavy atom. The monoisotopic (exact) mass is 217 g/mol. The average Bonchev–Trinajstić information content (AvgIpc) is 2.78. The van der Waals surface area contributed by atoms with Gasteiger partial charge in [0.1, 0.15) is 11.5 Å². The van der Waals surface area contributed by atoms with E-state index < -0.39 is 0 Å². The third kappa shape index (κ3) is 2.09. The van der Waals surface area contributed by atoms with E-state index in [-0.39, 0.29) is 0 Å². The molecule has 0 saturated heterocycles. The van der Waals surface area contributed by atoms with Gasteiger partial charge in [-0.25, -0.2) is 0 Å². The number of hydrogen-bond donors (Lipinski definition) is 1. The Morgan fingerprint density at radius 1 is 1.31 bits per heavy atom. The predicted molar refractivity (Wildman–Crippen MR) is 63.5 cm³/mol. The van der Waals surface area contributed by atoms with Gasteiger partial charge in [0.25, 0.3) is 0 Å². The Labute approximate surface area is 95.0 Å². The summed E-state index contributed by atoms with van der Waals surface area (Å²) in [5.74, 6) is 1.80. The molecule has 0 amide bonds. The van der Waals surface area contributed by atoms with Crippen molar-refractivity contribution in [3.63, 3.8) is 0 Å². The second kappa shape index (κ2) is 4.86. The molecule has 1 aromatic carbocycles. The molecule has 16 heavy (non-hydrogen) atoms. The van der Waals surface area contributed by atoms with Crippen LogP contribution >= 0.6 is 0 Å². The van der Waals surface area contributed by atoms with Crippen molar-refractivity contribution in [1.82, 2.24) is 5.32 Å². The van der Waals surface area contributed by atoms with Crippen LogP contribution in [0.1, 0.15) is 5.76 Å². The van der Waals surface area contributed by atoms with Crippen LogP contribution in [0.3, 0.4) is 0 Å². The van der Waals surface area contributed by atoms with Crippen LogP contribution in [0.25, 0.3) is 11.1 Å². The molecule has 1 N–H and O–H groups in total. The van der Waals surface area contributed by atoms with E-state index in [1.165, 1.54) is 0 Å². The van der Waals surface area contributed by atoms with E-state index in [1.54, 1.807) is 13.4 Å². The van der Waals surface area contributed by atoms with Crippen LogP contribution in [-0.2, 0) is 6.54 Å². The average molecular weight is 217 g/mol. The minimum absolute atomic E-state index is 0.722. The van der Waals surface area contributed by atoms with Crippen LogP contribution in [0.5, 0.6) is 5.75 Å². The van der Waals surface area contributed by atoms with Crippen LogP contribution in [0.15, 0.2) is 41.0 Å². The fourth-order valence-electron chi connectivity index (χ4n) is 1.69. The lowest BCUT2D eigenvalue weighted by atomic mass is 10.1. The van der Waals surface area contributed by atoms with Crippen LogP contribution in [0, 0.1) is 0 Å². The third-order valence-electron chi connectivity index (χ3n) is 2.46. The highest BCUT2D eigenvalue weighted by Gasteiger charge is 2.08. The normalized spacial score (nSPS) is 10.4. The molecule has 0 aliphatic heterocycles. The summed E-state index contributed by atoms with van der Waals surface area (Å²) in [7, 11) is 3.57. The largest absolute Gasteiger partial charge is 0.497 e. The van der Waals surface area contributed by atoms with Crippen molar-refractivity contribution < 1.29 is 9.15 Å². The smallest absolute Gasteiger partial charge is 0.125 e. The Hall–Kier alpha value is -1.74. The predicted octanol–water partition coefficient (Wildman–Crippen LogP) is 2.67. The molecule has 1 heterocycles. The van der Waals surface area contributed by atoms with E-state index in [0.29, 0.717) is 0 Å². The number of furan rings is 1. The third-order valence-corrected chi connectivity index (χ3v) is 2.46. The molecule has 0 spiro atoms. The first-order valence-corrected chi connectivity index (χ1v) is 5.20. The van der Waals surface area contributed by atoms with Crippen LogP contribution in [0.2, 0.25) is 0 Å². The molecule has 1 aromatic heterocycles. The summed E-state index contributed by atoms with van der Waals surface area (Å²) in [6.45, 7) is 0.722. The first-order valence-electron chi connectivity index (χ1n) is 5.20. The van der Waals surface area contributed by atoms with Crippen molar-refractivity contribution >= 4 is 0 Å². The quantitative estimate of drug-likeness (QED) is 0.855. The lowest BCUT2D eigenvalue weighted by Crippen LogP contribution is -2.04. The summed E-state index contributed by atoms with van der Waals surface area (Å²) in [6.07, 6.45) is 1.71. The molecule has 2 rings (SSSR count). The molecule has 0 radical (unpaired) electrons. The summed E-state index contributed by atoms with van der Waals surface area (Å²) in [4.78, 5) is 0. The van der Waals surface area contributed by atoms with Crippen molar-refractivity contribution in [2.24, 2.45) is 0 Å². The summed E-state index contributed by atoms with van der Waals surface area (Å²) in [5, 5.41) is 3.08. The summed E-state index contributed by atoms with van der Waals surface area (Å²) < 4.78 is 10.6. The van der Waals surface area contributed by atoms with Gasteiger partial charge in [-0.15, -0.1) is 0 Å². The van der Waals surface area contributed by atoms with Crippen molar-refractivity contribution in [3.8, 4) is 16.9 Å². The molecule has 0 atom stereocenters. The first-order chi connectivity index (χ1) is 7.85. The maximum atomic E-state index is 5.43. The highest BCUT2D eigenvalue weighted by molar-refractivity contribution is 5.66. The van der Waals surface area contributed by atoms with Crippen molar-refractivity contribution in [2.45, 2.75) is 6.54 Å². The van der Waals surface area contributed by atoms with E-state index in [1.807, 2.05) is 37.4 Å². The Morgan fingerprint density at radius 2 is 2.19 bits per heavy atom. The van der Waals surface area contributed by atoms with Crippen LogP contribution < -0.4 is 10.1 Å². The molecule has 0 aliphatic rings. The molecular formula is C13H15NO2. The minimum atomic E-state index is 0.722. The number of ether oxygens (including phenoxy) is 1. The Balaban J connectivity index is 2.37. The summed E-state index contributed by atoms with van der Waals surface area (Å²) >= 11 is 0. The highest BCUT2D eigenvalue weighted by atomic mass is 16.5. The zero-order chi connectivity index (χ0) is 11.4. The first kappa shape index (κ1) is 10.8. The van der Waals surface area contributed by atoms with Gasteiger partial charge in [-0.05, 0) is 30.8 Å². The van der Waals surface area contributed by atoms with E-state index >= 15 is 0 Å². The van der Waals surface area contributed by atoms with Crippen molar-refractivity contribution in [2.75, 3.05) is 14.2 Å². The number of nitrogens with one attached hydrogen (secondary N) is 1. The maximum Gasteiger partial charge on any atom is 0.125 e. The Kier molecular flexibility index (Phi) is 3.27. The molecule has 0 aliphatic carbocycles. The molecule has 0 fully saturated rings. The Bertz CT molecular complexity index is 462. The standard InChI is InChI=1S/C13H15NO2/c1-14-9-13-12(6-7-16-13)10-4-3-5-11(8-10)15-2/h3-8,14H,9H2,1-2H3. The van der Waals surface area contributed by atoms with Gasteiger partial charge in [-0.3, -0.25) is 0 Å². The van der Waals surface area contributed by atoms with Gasteiger partial charge >= 0.3 is 0 Å². The van der Waals surface area contributed by atoms with E-state index in [4.69, 9.17) is 9.15 Å². The molecular weight excluding hydrogens is 202 g/mol. The fraction of sp³-hybridized carbons (Fsp3) is 0.231. The van der Waals surface area contributed by atoms with Crippen LogP contribution in [0.4, 0.5) is 0 Å². The van der Waals surface area contributed by atoms with E-state index in [2.05, 4.69) is 5.32 Å². The van der Waals surface area contributed by atoms with Crippen molar-refractivity contribution in [1.29, 1.82) is 0 Å². The molecule has 84 valence electrons. The summed E-state index contributed by atoms with van der Waals surface area (Å²) in [6, 6.07) is 9.93. The van der Waals surface area contributed by atoms with Gasteiger partial charge in [-0.2, -0.15) is 0 Å². The zero-order valence-corrected chi connectivity index (χ0v) is 9.49. The second-order valence-electron chi connectivity index (χ2n) is 3.52. The van der Waals surface area contributed by atoms with Gasteiger partial charge in [0.15, 0.2) is 0 Å². The van der Waals surface area contributed by atoms with Gasteiger partial charge in [0.05, 0.1) is 19.9 Å². The number of hydrogen-bond acceptors (Lipinski definition) is 3. The van der Waals surface area contributed by atoms with E-state index in [9.17, 15) is 0 Å². The molecule has 3 heteroatoms. The lowest BCUT2D eigenvalue weighted by molar-refractivity contribution is 0.415. The number of rotatable bonds is 4. The molecule has 3 nitrogen and oxygen atoms in total. The lowest BCUT2D eigenvalue weighted by Gasteiger charge is -2.04. The highest BCUT2D eigenvalue weighted by Crippen LogP contribution is 2.27. The van der Waals surface area contributed by atoms with Gasteiger partial charge in [0.2, 0.25) is 0 Å². The fourth-order valence-corrected chi connectivity index (χ4v) is 1.69. The zero-order valence-electron chi connectivity index (χ0n) is 9.49. The van der Waals surface area contributed by atoms with Gasteiger partial charge in [-0.1, -0.05) is 12.1 Å². The number of benzene rings is 1. The maximum absolute atomic E-state index is 5.43. The topological polar surface area (TPSA) is 34.4 Å². The van der Waals surface area contributed by atoms with E-state index in [0.717, 1.165) is 29.2 Å². The minimum Gasteiger partial charge on any atom is -0.497 e. The van der Waals surface area contributed by atoms with Crippen LogP contribution in [-0.4, -0.2) is 14.2 Å². The van der Waals surface area contributed by atoms with Crippen molar-refractivity contribution in [3.05, 3.63) is 42.4 Å². The summed E-state index contributed by atoms with van der Waals surface area (Å²) in [5.41, 5.74) is 2.21. The second-order valence-corrected chi connectivity index (χ2v) is 3.52. The molecule has 2 aromatic rings. The van der Waals surface area contributed by atoms with Gasteiger partial charge < -0.3 is 14.5 Å².